The summed E-state index contributed by atoms with van der Waals surface area (Å²) in [5.74, 6) is 0.506. The van der Waals surface area contributed by atoms with Crippen molar-refractivity contribution < 1.29 is 9.52 Å². The van der Waals surface area contributed by atoms with Crippen molar-refractivity contribution in [3.8, 4) is 0 Å². The molecule has 1 atom stereocenters. The molecule has 66 valence electrons. The molecule has 4 heteroatoms. The summed E-state index contributed by atoms with van der Waals surface area (Å²) >= 11 is 0. The topological polar surface area (TPSA) is 72.3 Å². The van der Waals surface area contributed by atoms with Gasteiger partial charge in [-0.3, -0.25) is 0 Å². The molecule has 1 aliphatic carbocycles. The van der Waals surface area contributed by atoms with E-state index in [-0.39, 0.29) is 5.54 Å². The standard InChI is InChI=1S/C8H12N2O2/c9-8(1-2-8)3-6(11)7-4-10-5-12-7/h4-6,11H,1-3,9H2. The van der Waals surface area contributed by atoms with E-state index in [1.807, 2.05) is 0 Å². The number of rotatable bonds is 3. The van der Waals surface area contributed by atoms with Crippen molar-refractivity contribution >= 4 is 0 Å². The fourth-order valence-corrected chi connectivity index (χ4v) is 1.24. The van der Waals surface area contributed by atoms with Crippen molar-refractivity contribution in [1.29, 1.82) is 0 Å². The van der Waals surface area contributed by atoms with Crippen molar-refractivity contribution in [2.45, 2.75) is 30.9 Å². The Hall–Kier alpha value is -0.870. The average Bonchev–Trinajstić information content (AvgIpc) is 2.55. The van der Waals surface area contributed by atoms with Gasteiger partial charge in [0.1, 0.15) is 6.10 Å². The fraction of sp³-hybridized carbons (Fsp3) is 0.625. The van der Waals surface area contributed by atoms with Crippen LogP contribution in [0.5, 0.6) is 0 Å². The molecule has 3 N–H and O–H groups in total. The van der Waals surface area contributed by atoms with E-state index in [4.69, 9.17) is 10.2 Å². The third-order valence-electron chi connectivity index (χ3n) is 2.27. The van der Waals surface area contributed by atoms with E-state index >= 15 is 0 Å². The van der Waals surface area contributed by atoms with Crippen LogP contribution in [0.25, 0.3) is 0 Å². The van der Waals surface area contributed by atoms with Gasteiger partial charge < -0.3 is 15.3 Å². The van der Waals surface area contributed by atoms with E-state index in [1.165, 1.54) is 12.6 Å². The Kier molecular flexibility index (Phi) is 1.66. The Morgan fingerprint density at radius 1 is 1.75 bits per heavy atom. The second-order valence-electron chi connectivity index (χ2n) is 3.49. The van der Waals surface area contributed by atoms with Crippen LogP contribution >= 0.6 is 0 Å². The van der Waals surface area contributed by atoms with Crippen LogP contribution in [0.2, 0.25) is 0 Å². The van der Waals surface area contributed by atoms with E-state index in [0.29, 0.717) is 12.2 Å². The minimum Gasteiger partial charge on any atom is -0.446 e. The molecule has 1 fully saturated rings. The molecule has 0 aromatic carbocycles. The normalized spacial score (nSPS) is 22.2. The maximum Gasteiger partial charge on any atom is 0.180 e. The number of aliphatic hydroxyl groups excluding tert-OH is 1. The minimum absolute atomic E-state index is 0.147. The Balaban J connectivity index is 1.97. The monoisotopic (exact) mass is 168 g/mol. The van der Waals surface area contributed by atoms with Gasteiger partial charge in [-0.2, -0.15) is 0 Å². The molecular weight excluding hydrogens is 156 g/mol. The number of aliphatic hydroxyl groups is 1. The molecule has 1 heterocycles. The number of hydrogen-bond donors (Lipinski definition) is 2. The maximum absolute atomic E-state index is 9.57. The molecule has 1 aliphatic rings. The highest BCUT2D eigenvalue weighted by Gasteiger charge is 2.40. The highest BCUT2D eigenvalue weighted by molar-refractivity contribution is 5.04. The Labute approximate surface area is 70.4 Å². The maximum atomic E-state index is 9.57. The van der Waals surface area contributed by atoms with Crippen LogP contribution in [0.3, 0.4) is 0 Å². The molecule has 0 saturated heterocycles. The first-order chi connectivity index (χ1) is 5.70. The third kappa shape index (κ3) is 1.49. The van der Waals surface area contributed by atoms with Gasteiger partial charge in [-0.25, -0.2) is 4.98 Å². The minimum atomic E-state index is -0.597. The zero-order valence-corrected chi connectivity index (χ0v) is 6.73. The number of aromatic nitrogens is 1. The van der Waals surface area contributed by atoms with Crippen LogP contribution < -0.4 is 5.73 Å². The number of hydrogen-bond acceptors (Lipinski definition) is 4. The van der Waals surface area contributed by atoms with Crippen molar-refractivity contribution in [1.82, 2.24) is 4.98 Å². The largest absolute Gasteiger partial charge is 0.446 e. The van der Waals surface area contributed by atoms with Gasteiger partial charge in [0.2, 0.25) is 0 Å². The summed E-state index contributed by atoms with van der Waals surface area (Å²) < 4.78 is 4.95. The second-order valence-corrected chi connectivity index (χ2v) is 3.49. The van der Waals surface area contributed by atoms with E-state index in [9.17, 15) is 5.11 Å². The van der Waals surface area contributed by atoms with Crippen LogP contribution in [-0.2, 0) is 0 Å². The van der Waals surface area contributed by atoms with Gasteiger partial charge in [-0.05, 0) is 19.3 Å². The predicted octanol–water partition coefficient (Wildman–Crippen LogP) is 0.589. The zero-order chi connectivity index (χ0) is 8.60. The van der Waals surface area contributed by atoms with Crippen molar-refractivity contribution in [2.24, 2.45) is 5.73 Å². The average molecular weight is 168 g/mol. The second kappa shape index (κ2) is 2.57. The summed E-state index contributed by atoms with van der Waals surface area (Å²) in [6.07, 6.45) is 4.81. The number of nitrogens with zero attached hydrogens (tertiary/aromatic N) is 1. The van der Waals surface area contributed by atoms with Crippen LogP contribution in [0, 0.1) is 0 Å². The van der Waals surface area contributed by atoms with Gasteiger partial charge in [0.25, 0.3) is 0 Å². The highest BCUT2D eigenvalue weighted by Crippen LogP contribution is 2.39. The summed E-state index contributed by atoms with van der Waals surface area (Å²) in [6, 6.07) is 0. The van der Waals surface area contributed by atoms with Gasteiger partial charge in [0, 0.05) is 5.54 Å². The van der Waals surface area contributed by atoms with Crippen molar-refractivity contribution in [2.75, 3.05) is 0 Å². The molecule has 0 aliphatic heterocycles. The zero-order valence-electron chi connectivity index (χ0n) is 6.73. The Bertz CT molecular complexity index is 254. The first-order valence-corrected chi connectivity index (χ1v) is 4.05. The number of oxazole rings is 1. The molecule has 0 amide bonds. The molecule has 0 radical (unpaired) electrons. The summed E-state index contributed by atoms with van der Waals surface area (Å²) in [5, 5.41) is 9.57. The van der Waals surface area contributed by atoms with Gasteiger partial charge in [0.05, 0.1) is 6.20 Å². The Morgan fingerprint density at radius 3 is 3.00 bits per heavy atom. The van der Waals surface area contributed by atoms with Gasteiger partial charge in [0.15, 0.2) is 12.2 Å². The smallest absolute Gasteiger partial charge is 0.180 e. The van der Waals surface area contributed by atoms with Gasteiger partial charge in [-0.15, -0.1) is 0 Å². The lowest BCUT2D eigenvalue weighted by molar-refractivity contribution is 0.128. The van der Waals surface area contributed by atoms with Gasteiger partial charge >= 0.3 is 0 Å². The Morgan fingerprint density at radius 2 is 2.50 bits per heavy atom. The molecule has 2 rings (SSSR count). The molecular formula is C8H12N2O2. The summed E-state index contributed by atoms with van der Waals surface area (Å²) in [7, 11) is 0. The van der Waals surface area contributed by atoms with E-state index in [0.717, 1.165) is 12.8 Å². The SMILES string of the molecule is NC1(CC(O)c2cnco2)CC1. The highest BCUT2D eigenvalue weighted by atomic mass is 16.4. The summed E-state index contributed by atoms with van der Waals surface area (Å²) in [6.45, 7) is 0. The molecule has 1 aromatic heterocycles. The van der Waals surface area contributed by atoms with Crippen LogP contribution in [0.1, 0.15) is 31.1 Å². The quantitative estimate of drug-likeness (QED) is 0.692. The molecule has 1 saturated carbocycles. The molecule has 4 nitrogen and oxygen atoms in total. The number of nitrogens with two attached hydrogens (primary N) is 1. The lowest BCUT2D eigenvalue weighted by Gasteiger charge is -2.11. The summed E-state index contributed by atoms with van der Waals surface area (Å²) in [5.41, 5.74) is 5.68. The fourth-order valence-electron chi connectivity index (χ4n) is 1.24. The first kappa shape index (κ1) is 7.76. The molecule has 0 bridgehead atoms. The lowest BCUT2D eigenvalue weighted by atomic mass is 10.1. The molecule has 1 aromatic rings. The van der Waals surface area contributed by atoms with E-state index in [1.54, 1.807) is 0 Å². The lowest BCUT2D eigenvalue weighted by Crippen LogP contribution is -2.24. The molecule has 0 spiro atoms. The van der Waals surface area contributed by atoms with Gasteiger partial charge in [-0.1, -0.05) is 0 Å². The van der Waals surface area contributed by atoms with Crippen molar-refractivity contribution in [3.05, 3.63) is 18.4 Å². The van der Waals surface area contributed by atoms with Crippen LogP contribution in [0.4, 0.5) is 0 Å². The molecule has 12 heavy (non-hydrogen) atoms. The molecule has 1 unspecified atom stereocenters. The van der Waals surface area contributed by atoms with Crippen molar-refractivity contribution in [3.63, 3.8) is 0 Å². The first-order valence-electron chi connectivity index (χ1n) is 4.05. The van der Waals surface area contributed by atoms with Crippen LogP contribution in [0.15, 0.2) is 17.0 Å². The van der Waals surface area contributed by atoms with Crippen LogP contribution in [-0.4, -0.2) is 15.6 Å². The third-order valence-corrected chi connectivity index (χ3v) is 2.27. The predicted molar refractivity (Wildman–Crippen MR) is 42.2 cm³/mol. The summed E-state index contributed by atoms with van der Waals surface area (Å²) in [4.78, 5) is 3.73. The van der Waals surface area contributed by atoms with E-state index in [2.05, 4.69) is 4.98 Å². The van der Waals surface area contributed by atoms with E-state index < -0.39 is 6.10 Å².